The van der Waals surface area contributed by atoms with E-state index in [4.69, 9.17) is 11.6 Å². The topological polar surface area (TPSA) is 86.9 Å². The van der Waals surface area contributed by atoms with Crippen LogP contribution in [0.2, 0.25) is 5.02 Å². The van der Waals surface area contributed by atoms with Crippen LogP contribution in [0.3, 0.4) is 0 Å². The number of rotatable bonds is 8. The van der Waals surface area contributed by atoms with Crippen LogP contribution in [0.4, 0.5) is 4.39 Å². The van der Waals surface area contributed by atoms with Crippen LogP contribution in [-0.2, 0) is 17.9 Å². The molecule has 7 nitrogen and oxygen atoms in total. The second-order valence-electron chi connectivity index (χ2n) is 8.09. The van der Waals surface area contributed by atoms with Gasteiger partial charge in [-0.1, -0.05) is 41.9 Å². The zero-order chi connectivity index (χ0) is 25.7. The number of hydrazone groups is 1. The van der Waals surface area contributed by atoms with E-state index in [9.17, 15) is 19.1 Å². The molecule has 4 rings (SSSR count). The van der Waals surface area contributed by atoms with E-state index in [1.54, 1.807) is 23.1 Å². The van der Waals surface area contributed by atoms with E-state index in [2.05, 4.69) is 10.5 Å². The minimum atomic E-state index is -0.474. The standard InChI is InChI=1S/C27H24ClFN4O3/c1-2-32(16-20-6-3-4-8-23(20)29)26(35)17-33-13-12-21-19(7-5-9-24(21)33)15-30-31-27(36)18-10-11-25(34)22(28)14-18/h3-15,34H,2,16-17H2,1H3,(H,31,36). The number of fused-ring (bicyclic) bond motifs is 1. The highest BCUT2D eigenvalue weighted by Gasteiger charge is 2.16. The Labute approximate surface area is 212 Å². The summed E-state index contributed by atoms with van der Waals surface area (Å²) in [5.41, 5.74) is 4.75. The van der Waals surface area contributed by atoms with Gasteiger partial charge in [0.15, 0.2) is 0 Å². The third-order valence-corrected chi connectivity index (χ3v) is 6.09. The lowest BCUT2D eigenvalue weighted by atomic mass is 10.1. The number of aromatic hydroxyl groups is 1. The fourth-order valence-corrected chi connectivity index (χ4v) is 4.01. The van der Waals surface area contributed by atoms with Crippen molar-refractivity contribution in [3.63, 3.8) is 0 Å². The number of nitrogens with one attached hydrogen (secondary N) is 1. The molecule has 3 aromatic carbocycles. The van der Waals surface area contributed by atoms with E-state index >= 15 is 0 Å². The van der Waals surface area contributed by atoms with Gasteiger partial charge in [0.1, 0.15) is 18.1 Å². The number of likely N-dealkylation sites (N-methyl/N-ethyl adjacent to an activating group) is 1. The molecule has 0 unspecified atom stereocenters. The van der Waals surface area contributed by atoms with Gasteiger partial charge in [0.05, 0.1) is 11.2 Å². The third-order valence-electron chi connectivity index (χ3n) is 5.79. The molecule has 184 valence electrons. The van der Waals surface area contributed by atoms with Crippen molar-refractivity contribution in [2.75, 3.05) is 6.54 Å². The lowest BCUT2D eigenvalue weighted by molar-refractivity contribution is -0.132. The molecule has 36 heavy (non-hydrogen) atoms. The molecule has 1 aromatic heterocycles. The first kappa shape index (κ1) is 24.9. The van der Waals surface area contributed by atoms with E-state index in [0.717, 1.165) is 16.5 Å². The van der Waals surface area contributed by atoms with Crippen molar-refractivity contribution in [1.29, 1.82) is 0 Å². The Balaban J connectivity index is 1.46. The molecule has 0 saturated carbocycles. The van der Waals surface area contributed by atoms with Gasteiger partial charge in [-0.2, -0.15) is 5.10 Å². The van der Waals surface area contributed by atoms with Gasteiger partial charge >= 0.3 is 0 Å². The summed E-state index contributed by atoms with van der Waals surface area (Å²) in [7, 11) is 0. The van der Waals surface area contributed by atoms with Gasteiger partial charge in [0.2, 0.25) is 5.91 Å². The molecule has 2 amide bonds. The van der Waals surface area contributed by atoms with Crippen LogP contribution in [0.1, 0.15) is 28.4 Å². The number of halogens is 2. The van der Waals surface area contributed by atoms with Gasteiger partial charge in [-0.3, -0.25) is 9.59 Å². The van der Waals surface area contributed by atoms with Crippen molar-refractivity contribution in [1.82, 2.24) is 14.9 Å². The summed E-state index contributed by atoms with van der Waals surface area (Å²) in [6, 6.07) is 18.0. The lowest BCUT2D eigenvalue weighted by Crippen LogP contribution is -2.33. The summed E-state index contributed by atoms with van der Waals surface area (Å²) >= 11 is 5.85. The minimum Gasteiger partial charge on any atom is -0.506 e. The second-order valence-corrected chi connectivity index (χ2v) is 8.50. The quantitative estimate of drug-likeness (QED) is 0.262. The Hall–Kier alpha value is -4.17. The Morgan fingerprint density at radius 1 is 1.14 bits per heavy atom. The first-order valence-corrected chi connectivity index (χ1v) is 11.7. The third kappa shape index (κ3) is 5.55. The molecular formula is C27H24ClFN4O3. The molecule has 0 aliphatic rings. The fraction of sp³-hybridized carbons (Fsp3) is 0.148. The molecule has 0 aliphatic heterocycles. The fourth-order valence-electron chi connectivity index (χ4n) is 3.83. The van der Waals surface area contributed by atoms with E-state index < -0.39 is 5.91 Å². The number of amides is 2. The highest BCUT2D eigenvalue weighted by atomic mass is 35.5. The van der Waals surface area contributed by atoms with E-state index in [1.165, 1.54) is 30.5 Å². The van der Waals surface area contributed by atoms with Crippen LogP contribution < -0.4 is 5.43 Å². The number of nitrogens with zero attached hydrogens (tertiary/aromatic N) is 3. The Kier molecular flexibility index (Phi) is 7.65. The Morgan fingerprint density at radius 2 is 1.94 bits per heavy atom. The summed E-state index contributed by atoms with van der Waals surface area (Å²) in [4.78, 5) is 26.9. The summed E-state index contributed by atoms with van der Waals surface area (Å²) in [5, 5.41) is 14.5. The molecular weight excluding hydrogens is 483 g/mol. The maximum absolute atomic E-state index is 14.1. The number of phenols is 1. The first-order valence-electron chi connectivity index (χ1n) is 11.3. The van der Waals surface area contributed by atoms with E-state index in [-0.39, 0.29) is 41.1 Å². The van der Waals surface area contributed by atoms with Gasteiger partial charge in [-0.25, -0.2) is 9.82 Å². The lowest BCUT2D eigenvalue weighted by Gasteiger charge is -2.22. The summed E-state index contributed by atoms with van der Waals surface area (Å²) in [6.07, 6.45) is 3.33. The van der Waals surface area contributed by atoms with Gasteiger partial charge in [0, 0.05) is 46.9 Å². The zero-order valence-electron chi connectivity index (χ0n) is 19.5. The maximum Gasteiger partial charge on any atom is 0.271 e. The van der Waals surface area contributed by atoms with E-state index in [1.807, 2.05) is 42.0 Å². The van der Waals surface area contributed by atoms with Crippen LogP contribution in [0.25, 0.3) is 10.9 Å². The average Bonchev–Trinajstić information content (AvgIpc) is 3.28. The Bertz CT molecular complexity index is 1450. The van der Waals surface area contributed by atoms with E-state index in [0.29, 0.717) is 12.1 Å². The van der Waals surface area contributed by atoms with Gasteiger partial charge in [-0.15, -0.1) is 0 Å². The van der Waals surface area contributed by atoms with Crippen molar-refractivity contribution in [2.24, 2.45) is 5.10 Å². The number of hydrogen-bond acceptors (Lipinski definition) is 4. The number of phenolic OH excluding ortho intramolecular Hbond substituents is 1. The largest absolute Gasteiger partial charge is 0.506 e. The monoisotopic (exact) mass is 506 g/mol. The Morgan fingerprint density at radius 3 is 2.69 bits per heavy atom. The van der Waals surface area contributed by atoms with Crippen molar-refractivity contribution >= 4 is 40.5 Å². The highest BCUT2D eigenvalue weighted by Crippen LogP contribution is 2.23. The number of benzene rings is 3. The summed E-state index contributed by atoms with van der Waals surface area (Å²) < 4.78 is 15.9. The molecule has 1 heterocycles. The van der Waals surface area contributed by atoms with Gasteiger partial charge in [0.25, 0.3) is 5.91 Å². The van der Waals surface area contributed by atoms with Crippen LogP contribution >= 0.6 is 11.6 Å². The average molecular weight is 507 g/mol. The number of aromatic nitrogens is 1. The molecule has 2 N–H and O–H groups in total. The minimum absolute atomic E-state index is 0.0721. The molecule has 4 aromatic rings. The predicted molar refractivity (Wildman–Crippen MR) is 138 cm³/mol. The first-order chi connectivity index (χ1) is 17.4. The molecule has 0 spiro atoms. The van der Waals surface area contributed by atoms with Crippen molar-refractivity contribution in [3.8, 4) is 5.75 Å². The highest BCUT2D eigenvalue weighted by molar-refractivity contribution is 6.32. The number of carbonyl (C=O) groups excluding carboxylic acids is 2. The smallest absolute Gasteiger partial charge is 0.271 e. The molecule has 0 saturated heterocycles. The van der Waals surface area contributed by atoms with Crippen molar-refractivity contribution in [3.05, 3.63) is 100 Å². The van der Waals surface area contributed by atoms with Crippen molar-refractivity contribution in [2.45, 2.75) is 20.0 Å². The summed E-state index contributed by atoms with van der Waals surface area (Å²) in [5.74, 6) is -1.05. The molecule has 0 aliphatic carbocycles. The predicted octanol–water partition coefficient (Wildman–Crippen LogP) is 4.95. The van der Waals surface area contributed by atoms with Crippen LogP contribution in [0.5, 0.6) is 5.75 Å². The normalized spacial score (nSPS) is 11.2. The van der Waals surface area contributed by atoms with Crippen LogP contribution in [-0.4, -0.2) is 39.1 Å². The molecule has 9 heteroatoms. The maximum atomic E-state index is 14.1. The molecule has 0 fully saturated rings. The molecule has 0 bridgehead atoms. The molecule has 0 atom stereocenters. The van der Waals surface area contributed by atoms with Gasteiger partial charge in [-0.05, 0) is 43.3 Å². The zero-order valence-corrected chi connectivity index (χ0v) is 20.2. The van der Waals surface area contributed by atoms with Crippen LogP contribution in [0, 0.1) is 5.82 Å². The number of carbonyl (C=O) groups is 2. The number of hydrogen-bond donors (Lipinski definition) is 2. The molecule has 0 radical (unpaired) electrons. The second kappa shape index (κ2) is 11.0. The SMILES string of the molecule is CCN(Cc1ccccc1F)C(=O)Cn1ccc2c(C=NNC(=O)c3ccc(O)c(Cl)c3)cccc21. The van der Waals surface area contributed by atoms with Crippen molar-refractivity contribution < 1.29 is 19.1 Å². The summed E-state index contributed by atoms with van der Waals surface area (Å²) in [6.45, 7) is 2.62. The van der Waals surface area contributed by atoms with Crippen LogP contribution in [0.15, 0.2) is 78.0 Å². The van der Waals surface area contributed by atoms with Gasteiger partial charge < -0.3 is 14.6 Å².